The van der Waals surface area contributed by atoms with E-state index in [-0.39, 0.29) is 0 Å². The van der Waals surface area contributed by atoms with Gasteiger partial charge in [0, 0.05) is 0 Å². The van der Waals surface area contributed by atoms with Crippen molar-refractivity contribution in [1.82, 2.24) is 0 Å². The van der Waals surface area contributed by atoms with Gasteiger partial charge in [0.2, 0.25) is 0 Å². The number of carbonyl (C=O) groups is 1. The highest BCUT2D eigenvalue weighted by Crippen LogP contribution is 2.33. The summed E-state index contributed by atoms with van der Waals surface area (Å²) in [5.41, 5.74) is 0.904. The van der Waals surface area contributed by atoms with E-state index in [4.69, 9.17) is 5.11 Å². The second-order valence-electron chi connectivity index (χ2n) is 5.99. The SMILES string of the molecule is CC1(C)C=C/C(=C/CC(C)(C)C(=O)O)CC1. The van der Waals surface area contributed by atoms with E-state index in [1.807, 2.05) is 0 Å². The number of allylic oxidation sites excluding steroid dienone is 4. The highest BCUT2D eigenvalue weighted by molar-refractivity contribution is 5.73. The summed E-state index contributed by atoms with van der Waals surface area (Å²) >= 11 is 0. The van der Waals surface area contributed by atoms with E-state index in [1.165, 1.54) is 5.57 Å². The van der Waals surface area contributed by atoms with Crippen molar-refractivity contribution in [3.63, 3.8) is 0 Å². The lowest BCUT2D eigenvalue weighted by Crippen LogP contribution is -2.22. The third-order valence-corrected chi connectivity index (χ3v) is 3.26. The smallest absolute Gasteiger partial charge is 0.309 e. The number of aliphatic carboxylic acids is 1. The quantitative estimate of drug-likeness (QED) is 0.788. The first-order valence-electron chi connectivity index (χ1n) is 5.85. The van der Waals surface area contributed by atoms with Gasteiger partial charge in [-0.1, -0.05) is 37.6 Å². The first-order valence-corrected chi connectivity index (χ1v) is 5.85. The number of carboxylic acid groups (broad SMARTS) is 1. The topological polar surface area (TPSA) is 37.3 Å². The van der Waals surface area contributed by atoms with Crippen molar-refractivity contribution < 1.29 is 9.90 Å². The Hall–Kier alpha value is -1.05. The maximum Gasteiger partial charge on any atom is 0.309 e. The third-order valence-electron chi connectivity index (χ3n) is 3.26. The van der Waals surface area contributed by atoms with Crippen LogP contribution < -0.4 is 0 Å². The molecular formula is C14H22O2. The molecule has 16 heavy (non-hydrogen) atoms. The fourth-order valence-electron chi connectivity index (χ4n) is 1.61. The Bertz CT molecular complexity index is 333. The summed E-state index contributed by atoms with van der Waals surface area (Å²) in [7, 11) is 0. The molecule has 1 N–H and O–H groups in total. The maximum absolute atomic E-state index is 10.9. The fourth-order valence-corrected chi connectivity index (χ4v) is 1.61. The minimum Gasteiger partial charge on any atom is -0.481 e. The second-order valence-corrected chi connectivity index (χ2v) is 5.99. The monoisotopic (exact) mass is 222 g/mol. The van der Waals surface area contributed by atoms with Crippen molar-refractivity contribution >= 4 is 5.97 Å². The molecule has 0 heterocycles. The summed E-state index contributed by atoms with van der Waals surface area (Å²) in [6, 6.07) is 0. The van der Waals surface area contributed by atoms with Crippen LogP contribution in [-0.2, 0) is 4.79 Å². The Kier molecular flexibility index (Phi) is 3.61. The molecule has 2 heteroatoms. The lowest BCUT2D eigenvalue weighted by atomic mass is 9.80. The molecule has 0 aromatic heterocycles. The van der Waals surface area contributed by atoms with Gasteiger partial charge in [0.1, 0.15) is 0 Å². The number of rotatable bonds is 3. The maximum atomic E-state index is 10.9. The first-order chi connectivity index (χ1) is 7.23. The van der Waals surface area contributed by atoms with Crippen LogP contribution in [0.15, 0.2) is 23.8 Å². The van der Waals surface area contributed by atoms with Gasteiger partial charge in [0.25, 0.3) is 0 Å². The summed E-state index contributed by atoms with van der Waals surface area (Å²) in [6.45, 7) is 7.98. The highest BCUT2D eigenvalue weighted by Gasteiger charge is 2.26. The van der Waals surface area contributed by atoms with Crippen molar-refractivity contribution in [2.75, 3.05) is 0 Å². The third kappa shape index (κ3) is 3.51. The molecule has 1 aliphatic carbocycles. The van der Waals surface area contributed by atoms with Crippen LogP contribution in [-0.4, -0.2) is 11.1 Å². The summed E-state index contributed by atoms with van der Waals surface area (Å²) in [6.07, 6.45) is 9.22. The molecule has 0 aliphatic heterocycles. The lowest BCUT2D eigenvalue weighted by molar-refractivity contribution is -0.146. The van der Waals surface area contributed by atoms with Gasteiger partial charge in [-0.3, -0.25) is 4.79 Å². The zero-order valence-electron chi connectivity index (χ0n) is 10.7. The molecule has 0 aromatic rings. The van der Waals surface area contributed by atoms with Gasteiger partial charge in [-0.15, -0.1) is 0 Å². The molecule has 1 rings (SSSR count). The minimum atomic E-state index is -0.732. The molecule has 0 atom stereocenters. The Labute approximate surface area is 98.1 Å². The van der Waals surface area contributed by atoms with Gasteiger partial charge in [0.05, 0.1) is 5.41 Å². The summed E-state index contributed by atoms with van der Waals surface area (Å²) in [5, 5.41) is 9.01. The Morgan fingerprint density at radius 2 is 2.19 bits per heavy atom. The normalized spacial score (nSPS) is 22.4. The van der Waals surface area contributed by atoms with Crippen LogP contribution in [0.25, 0.3) is 0 Å². The van der Waals surface area contributed by atoms with Gasteiger partial charge in [-0.05, 0) is 38.5 Å². The van der Waals surface area contributed by atoms with Gasteiger partial charge in [0.15, 0.2) is 0 Å². The van der Waals surface area contributed by atoms with E-state index in [2.05, 4.69) is 32.1 Å². The zero-order chi connectivity index (χ0) is 12.4. The van der Waals surface area contributed by atoms with Crippen molar-refractivity contribution in [2.24, 2.45) is 10.8 Å². The van der Waals surface area contributed by atoms with Crippen LogP contribution in [0.5, 0.6) is 0 Å². The summed E-state index contributed by atoms with van der Waals surface area (Å²) < 4.78 is 0. The zero-order valence-corrected chi connectivity index (χ0v) is 10.7. The lowest BCUT2D eigenvalue weighted by Gasteiger charge is -2.25. The Balaban J connectivity index is 2.65. The van der Waals surface area contributed by atoms with Crippen molar-refractivity contribution in [1.29, 1.82) is 0 Å². The predicted molar refractivity (Wildman–Crippen MR) is 66.3 cm³/mol. The number of carboxylic acids is 1. The molecule has 0 bridgehead atoms. The highest BCUT2D eigenvalue weighted by atomic mass is 16.4. The molecule has 0 aromatic carbocycles. The first kappa shape index (κ1) is 13.0. The molecule has 0 amide bonds. The molecule has 0 unspecified atom stereocenters. The van der Waals surface area contributed by atoms with Gasteiger partial charge >= 0.3 is 5.97 Å². The van der Waals surface area contributed by atoms with E-state index in [0.29, 0.717) is 11.8 Å². The standard InChI is InChI=1S/C14H22O2/c1-13(2)8-5-11(6-9-13)7-10-14(3,4)12(15)16/h5,7-8H,6,9-10H2,1-4H3,(H,15,16)/b11-7-. The Morgan fingerprint density at radius 1 is 1.56 bits per heavy atom. The largest absolute Gasteiger partial charge is 0.481 e. The van der Waals surface area contributed by atoms with Crippen LogP contribution >= 0.6 is 0 Å². The van der Waals surface area contributed by atoms with E-state index >= 15 is 0 Å². The molecule has 0 saturated heterocycles. The van der Waals surface area contributed by atoms with Gasteiger partial charge in [-0.2, -0.15) is 0 Å². The van der Waals surface area contributed by atoms with Gasteiger partial charge < -0.3 is 5.11 Å². The van der Waals surface area contributed by atoms with Crippen molar-refractivity contribution in [3.8, 4) is 0 Å². The number of hydrogen-bond acceptors (Lipinski definition) is 1. The van der Waals surface area contributed by atoms with Crippen LogP contribution in [0, 0.1) is 10.8 Å². The van der Waals surface area contributed by atoms with E-state index in [0.717, 1.165) is 12.8 Å². The van der Waals surface area contributed by atoms with Crippen LogP contribution in [0.3, 0.4) is 0 Å². The number of hydrogen-bond donors (Lipinski definition) is 1. The molecular weight excluding hydrogens is 200 g/mol. The van der Waals surface area contributed by atoms with Crippen molar-refractivity contribution in [3.05, 3.63) is 23.8 Å². The molecule has 0 spiro atoms. The van der Waals surface area contributed by atoms with Crippen LogP contribution in [0.4, 0.5) is 0 Å². The molecule has 0 saturated carbocycles. The van der Waals surface area contributed by atoms with E-state index in [9.17, 15) is 4.79 Å². The fraction of sp³-hybridized carbons (Fsp3) is 0.643. The van der Waals surface area contributed by atoms with Gasteiger partial charge in [-0.25, -0.2) is 0 Å². The molecule has 1 aliphatic rings. The predicted octanol–water partition coefficient (Wildman–Crippen LogP) is 3.79. The van der Waals surface area contributed by atoms with Crippen molar-refractivity contribution in [2.45, 2.75) is 47.0 Å². The second kappa shape index (κ2) is 4.44. The van der Waals surface area contributed by atoms with Crippen LogP contribution in [0.2, 0.25) is 0 Å². The molecule has 2 nitrogen and oxygen atoms in total. The Morgan fingerprint density at radius 3 is 2.62 bits per heavy atom. The molecule has 90 valence electrons. The minimum absolute atomic E-state index is 0.291. The average Bonchev–Trinajstić information content (AvgIpc) is 2.16. The average molecular weight is 222 g/mol. The summed E-state index contributed by atoms with van der Waals surface area (Å²) in [5.74, 6) is -0.732. The van der Waals surface area contributed by atoms with Crippen LogP contribution in [0.1, 0.15) is 47.0 Å². The molecule has 0 fully saturated rings. The van der Waals surface area contributed by atoms with E-state index < -0.39 is 11.4 Å². The summed E-state index contributed by atoms with van der Waals surface area (Å²) in [4.78, 5) is 10.9. The molecule has 0 radical (unpaired) electrons. The van der Waals surface area contributed by atoms with E-state index in [1.54, 1.807) is 13.8 Å².